The molecule has 3 rings (SSSR count). The van der Waals surface area contributed by atoms with E-state index >= 15 is 0 Å². The summed E-state index contributed by atoms with van der Waals surface area (Å²) in [6.45, 7) is 0. The lowest BCUT2D eigenvalue weighted by Gasteiger charge is -2.13. The first kappa shape index (κ1) is 16.5. The van der Waals surface area contributed by atoms with E-state index in [1.54, 1.807) is 35.7 Å². The van der Waals surface area contributed by atoms with E-state index in [9.17, 15) is 13.2 Å². The normalized spacial score (nSPS) is 14.1. The smallest absolute Gasteiger partial charge is 0.271 e. The summed E-state index contributed by atoms with van der Waals surface area (Å²) in [7, 11) is -3.70. The van der Waals surface area contributed by atoms with Crippen molar-refractivity contribution in [2.24, 2.45) is 0 Å². The number of anilines is 1. The van der Waals surface area contributed by atoms with E-state index in [2.05, 4.69) is 15.6 Å². The number of sulfonamides is 1. The van der Waals surface area contributed by atoms with E-state index in [-0.39, 0.29) is 15.5 Å². The van der Waals surface area contributed by atoms with Gasteiger partial charge < -0.3 is 5.43 Å². The van der Waals surface area contributed by atoms with Crippen molar-refractivity contribution in [2.75, 3.05) is 4.72 Å². The lowest BCUT2D eigenvalue weighted by Crippen LogP contribution is -2.36. The molecule has 126 valence electrons. The number of carbonyl (C=O) groups excluding carboxylic acids is 1. The molecule has 0 aliphatic heterocycles. The maximum atomic E-state index is 12.4. The summed E-state index contributed by atoms with van der Waals surface area (Å²) in [5, 5.41) is 1.69. The van der Waals surface area contributed by atoms with Gasteiger partial charge in [0.15, 0.2) is 0 Å². The first-order valence-corrected chi connectivity index (χ1v) is 9.83. The van der Waals surface area contributed by atoms with E-state index in [1.165, 1.54) is 6.07 Å². The monoisotopic (exact) mass is 363 g/mol. The zero-order valence-electron chi connectivity index (χ0n) is 12.8. The second-order valence-corrected chi connectivity index (χ2v) is 8.14. The molecule has 0 radical (unpaired) electrons. The molecule has 2 aromatic rings. The summed E-state index contributed by atoms with van der Waals surface area (Å²) in [6.07, 6.45) is 4.99. The molecule has 0 saturated carbocycles. The second kappa shape index (κ2) is 7.06. The van der Waals surface area contributed by atoms with E-state index in [4.69, 9.17) is 0 Å². The maximum absolute atomic E-state index is 12.4. The number of para-hydroxylation sites is 1. The van der Waals surface area contributed by atoms with Gasteiger partial charge in [-0.05, 0) is 42.8 Å². The Hall–Kier alpha value is -2.32. The minimum absolute atomic E-state index is 0.201. The van der Waals surface area contributed by atoms with Crippen LogP contribution >= 0.6 is 11.3 Å². The van der Waals surface area contributed by atoms with Gasteiger partial charge in [-0.1, -0.05) is 24.3 Å². The quantitative estimate of drug-likeness (QED) is 0.689. The van der Waals surface area contributed by atoms with E-state index in [0.717, 1.165) is 36.3 Å². The molecule has 0 fully saturated rings. The van der Waals surface area contributed by atoms with Crippen molar-refractivity contribution in [1.82, 2.24) is 10.9 Å². The molecular weight excluding hydrogens is 346 g/mol. The average molecular weight is 363 g/mol. The van der Waals surface area contributed by atoms with Crippen LogP contribution in [0, 0.1) is 0 Å². The molecule has 24 heavy (non-hydrogen) atoms. The van der Waals surface area contributed by atoms with Crippen LogP contribution < -0.4 is 15.6 Å². The Kier molecular flexibility index (Phi) is 4.86. The summed E-state index contributed by atoms with van der Waals surface area (Å²) in [4.78, 5) is 12.4. The summed E-state index contributed by atoms with van der Waals surface area (Å²) < 4.78 is 27.4. The van der Waals surface area contributed by atoms with Crippen LogP contribution in [0.2, 0.25) is 0 Å². The van der Waals surface area contributed by atoms with Gasteiger partial charge in [-0.25, -0.2) is 8.42 Å². The van der Waals surface area contributed by atoms with Gasteiger partial charge in [0.1, 0.15) is 4.21 Å². The first-order valence-electron chi connectivity index (χ1n) is 7.47. The fraction of sp³-hybridized carbons (Fsp3) is 0.188. The highest BCUT2D eigenvalue weighted by Crippen LogP contribution is 2.23. The Morgan fingerprint density at radius 2 is 1.96 bits per heavy atom. The van der Waals surface area contributed by atoms with Gasteiger partial charge in [0.05, 0.1) is 11.3 Å². The maximum Gasteiger partial charge on any atom is 0.271 e. The summed E-state index contributed by atoms with van der Waals surface area (Å²) in [5.74, 6) is -0.396. The molecule has 1 aliphatic rings. The van der Waals surface area contributed by atoms with Gasteiger partial charge in [0, 0.05) is 5.70 Å². The fourth-order valence-electron chi connectivity index (χ4n) is 2.37. The lowest BCUT2D eigenvalue weighted by molar-refractivity contribution is 0.0939. The number of hydrogen-bond acceptors (Lipinski definition) is 5. The Bertz CT molecular complexity index is 858. The van der Waals surface area contributed by atoms with Crippen LogP contribution in [0.3, 0.4) is 0 Å². The second-order valence-electron chi connectivity index (χ2n) is 5.28. The third-order valence-electron chi connectivity index (χ3n) is 3.55. The predicted molar refractivity (Wildman–Crippen MR) is 94.1 cm³/mol. The summed E-state index contributed by atoms with van der Waals surface area (Å²) in [5.41, 5.74) is 6.96. The highest BCUT2D eigenvalue weighted by atomic mass is 32.2. The molecule has 0 atom stereocenters. The molecule has 8 heteroatoms. The average Bonchev–Trinajstić information content (AvgIpc) is 3.26. The van der Waals surface area contributed by atoms with Crippen molar-refractivity contribution in [2.45, 2.75) is 23.5 Å². The Balaban J connectivity index is 1.76. The largest absolute Gasteiger partial charge is 0.303 e. The van der Waals surface area contributed by atoms with E-state index < -0.39 is 15.9 Å². The predicted octanol–water partition coefficient (Wildman–Crippen LogP) is 2.85. The number of rotatable bonds is 6. The molecule has 1 aromatic heterocycles. The van der Waals surface area contributed by atoms with Crippen molar-refractivity contribution in [3.63, 3.8) is 0 Å². The number of benzene rings is 1. The minimum atomic E-state index is -3.70. The molecule has 0 bridgehead atoms. The number of nitrogens with one attached hydrogen (secondary N) is 3. The van der Waals surface area contributed by atoms with Gasteiger partial charge in [0.25, 0.3) is 15.9 Å². The van der Waals surface area contributed by atoms with Crippen LogP contribution in [0.1, 0.15) is 29.6 Å². The van der Waals surface area contributed by atoms with E-state index in [0.29, 0.717) is 0 Å². The van der Waals surface area contributed by atoms with E-state index in [1.807, 2.05) is 6.08 Å². The zero-order chi connectivity index (χ0) is 17.0. The Labute approximate surface area is 144 Å². The molecule has 1 amide bonds. The van der Waals surface area contributed by atoms with Crippen molar-refractivity contribution >= 4 is 33.0 Å². The van der Waals surface area contributed by atoms with Crippen molar-refractivity contribution in [1.29, 1.82) is 0 Å². The Morgan fingerprint density at radius 1 is 1.12 bits per heavy atom. The topological polar surface area (TPSA) is 87.3 Å². The van der Waals surface area contributed by atoms with Crippen molar-refractivity contribution in [3.05, 3.63) is 59.1 Å². The van der Waals surface area contributed by atoms with Gasteiger partial charge >= 0.3 is 0 Å². The standard InChI is InChI=1S/C16H17N3O3S2/c20-16(18-17-12-6-1-2-7-12)13-8-3-4-9-14(13)19-24(21,22)15-10-5-11-23-15/h3-6,8-11,17,19H,1-2,7H2,(H,18,20). The highest BCUT2D eigenvalue weighted by Gasteiger charge is 2.19. The molecule has 1 aliphatic carbocycles. The third-order valence-corrected chi connectivity index (χ3v) is 6.32. The van der Waals surface area contributed by atoms with Crippen LogP contribution in [-0.2, 0) is 10.0 Å². The van der Waals surface area contributed by atoms with Crippen LogP contribution in [0.4, 0.5) is 5.69 Å². The summed E-state index contributed by atoms with van der Waals surface area (Å²) in [6, 6.07) is 9.69. The van der Waals surface area contributed by atoms with Crippen LogP contribution in [0.15, 0.2) is 57.8 Å². The number of thiophene rings is 1. The van der Waals surface area contributed by atoms with Gasteiger partial charge in [0.2, 0.25) is 0 Å². The van der Waals surface area contributed by atoms with Crippen LogP contribution in [0.25, 0.3) is 0 Å². The van der Waals surface area contributed by atoms with Gasteiger partial charge in [-0.3, -0.25) is 14.9 Å². The van der Waals surface area contributed by atoms with Gasteiger partial charge in [-0.2, -0.15) is 0 Å². The lowest BCUT2D eigenvalue weighted by atomic mass is 10.2. The molecule has 0 saturated heterocycles. The highest BCUT2D eigenvalue weighted by molar-refractivity contribution is 7.94. The molecule has 0 spiro atoms. The summed E-state index contributed by atoms with van der Waals surface area (Å²) >= 11 is 1.12. The first-order chi connectivity index (χ1) is 11.6. The molecule has 0 unspecified atom stereocenters. The number of hydrazine groups is 1. The fourth-order valence-corrected chi connectivity index (χ4v) is 4.44. The molecule has 1 aromatic carbocycles. The SMILES string of the molecule is O=C(NNC1=CCCC1)c1ccccc1NS(=O)(=O)c1cccs1. The van der Waals surface area contributed by atoms with Crippen LogP contribution in [-0.4, -0.2) is 14.3 Å². The van der Waals surface area contributed by atoms with Crippen molar-refractivity contribution in [3.8, 4) is 0 Å². The third kappa shape index (κ3) is 3.77. The van der Waals surface area contributed by atoms with Crippen molar-refractivity contribution < 1.29 is 13.2 Å². The van der Waals surface area contributed by atoms with Crippen LogP contribution in [0.5, 0.6) is 0 Å². The molecule has 1 heterocycles. The Morgan fingerprint density at radius 3 is 2.67 bits per heavy atom. The molecule has 3 N–H and O–H groups in total. The molecular formula is C16H17N3O3S2. The minimum Gasteiger partial charge on any atom is -0.303 e. The van der Waals surface area contributed by atoms with Gasteiger partial charge in [-0.15, -0.1) is 11.3 Å². The number of amides is 1. The zero-order valence-corrected chi connectivity index (χ0v) is 14.4. The molecule has 6 nitrogen and oxygen atoms in total. The number of carbonyl (C=O) groups is 1. The number of allylic oxidation sites excluding steroid dienone is 2. The number of hydrogen-bond donors (Lipinski definition) is 3.